The van der Waals surface area contributed by atoms with Gasteiger partial charge in [0.25, 0.3) is 0 Å². The number of nitriles is 1. The van der Waals surface area contributed by atoms with E-state index in [0.29, 0.717) is 18.1 Å². The van der Waals surface area contributed by atoms with Crippen LogP contribution in [0.5, 0.6) is 0 Å². The number of hydrogen-bond donors (Lipinski definition) is 2. The van der Waals surface area contributed by atoms with Crippen LogP contribution >= 0.6 is 0 Å². The zero-order chi connectivity index (χ0) is 18.4. The molecule has 2 aromatic carbocycles. The van der Waals surface area contributed by atoms with Crippen LogP contribution in [0.4, 0.5) is 5.69 Å². The Balaban J connectivity index is 1.53. The Morgan fingerprint density at radius 1 is 1.19 bits per heavy atom. The molecule has 4 heteroatoms. The summed E-state index contributed by atoms with van der Waals surface area (Å²) in [6, 6.07) is 18.9. The van der Waals surface area contributed by atoms with E-state index < -0.39 is 0 Å². The van der Waals surface area contributed by atoms with Gasteiger partial charge in [-0.15, -0.1) is 0 Å². The molecule has 3 rings (SSSR count). The number of aliphatic hydroxyl groups is 1. The first-order valence-electron chi connectivity index (χ1n) is 9.38. The van der Waals surface area contributed by atoms with Crippen molar-refractivity contribution in [1.29, 1.82) is 5.26 Å². The lowest BCUT2D eigenvalue weighted by Crippen LogP contribution is -2.34. The van der Waals surface area contributed by atoms with Crippen molar-refractivity contribution >= 4 is 5.69 Å². The second-order valence-electron chi connectivity index (χ2n) is 7.12. The molecule has 0 saturated carbocycles. The minimum Gasteiger partial charge on any atom is -0.396 e. The fourth-order valence-electron chi connectivity index (χ4n) is 3.46. The lowest BCUT2D eigenvalue weighted by molar-refractivity contribution is 0.203. The van der Waals surface area contributed by atoms with Gasteiger partial charge in [-0.25, -0.2) is 0 Å². The molecule has 0 radical (unpaired) electrons. The summed E-state index contributed by atoms with van der Waals surface area (Å²) in [5, 5.41) is 21.8. The van der Waals surface area contributed by atoms with Crippen LogP contribution in [0.25, 0.3) is 0 Å². The number of nitrogens with zero attached hydrogens (tertiary/aromatic N) is 2. The standard InChI is InChI=1S/C22H27N3O/c1-17(21-4-2-3-20(13-21)14-23)24-15-18-5-7-22(8-6-18)25-11-9-19(16-26)10-12-25/h2-8,13,17,19,24,26H,9-12,15-16H2,1H3. The summed E-state index contributed by atoms with van der Waals surface area (Å²) in [6.45, 7) is 5.28. The molecule has 0 spiro atoms. The highest BCUT2D eigenvalue weighted by molar-refractivity contribution is 5.48. The summed E-state index contributed by atoms with van der Waals surface area (Å²) in [5.41, 5.74) is 4.35. The van der Waals surface area contributed by atoms with Crippen molar-refractivity contribution in [3.8, 4) is 6.07 Å². The maximum Gasteiger partial charge on any atom is 0.0991 e. The largest absolute Gasteiger partial charge is 0.396 e. The molecule has 1 saturated heterocycles. The second kappa shape index (κ2) is 8.84. The number of aliphatic hydroxyl groups excluding tert-OH is 1. The highest BCUT2D eigenvalue weighted by atomic mass is 16.3. The minimum atomic E-state index is 0.195. The molecule has 1 heterocycles. The first-order chi connectivity index (χ1) is 12.7. The van der Waals surface area contributed by atoms with Gasteiger partial charge in [-0.05, 0) is 61.1 Å². The van der Waals surface area contributed by atoms with Gasteiger partial charge in [-0.1, -0.05) is 24.3 Å². The molecule has 1 fully saturated rings. The lowest BCUT2D eigenvalue weighted by atomic mass is 9.97. The third-order valence-corrected chi connectivity index (χ3v) is 5.30. The predicted molar refractivity (Wildman–Crippen MR) is 105 cm³/mol. The fourth-order valence-corrected chi connectivity index (χ4v) is 3.46. The second-order valence-corrected chi connectivity index (χ2v) is 7.12. The molecule has 1 aliphatic heterocycles. The van der Waals surface area contributed by atoms with E-state index in [9.17, 15) is 5.11 Å². The molecular weight excluding hydrogens is 322 g/mol. The Bertz CT molecular complexity index is 743. The van der Waals surface area contributed by atoms with Crippen molar-refractivity contribution < 1.29 is 5.11 Å². The van der Waals surface area contributed by atoms with Crippen molar-refractivity contribution in [1.82, 2.24) is 5.32 Å². The van der Waals surface area contributed by atoms with Crippen LogP contribution in [0.3, 0.4) is 0 Å². The van der Waals surface area contributed by atoms with Gasteiger partial charge >= 0.3 is 0 Å². The number of nitrogens with one attached hydrogen (secondary N) is 1. The van der Waals surface area contributed by atoms with Crippen LogP contribution in [-0.4, -0.2) is 24.8 Å². The number of hydrogen-bond acceptors (Lipinski definition) is 4. The zero-order valence-corrected chi connectivity index (χ0v) is 15.4. The average Bonchev–Trinajstić information content (AvgIpc) is 2.72. The summed E-state index contributed by atoms with van der Waals surface area (Å²) in [7, 11) is 0. The third-order valence-electron chi connectivity index (χ3n) is 5.30. The number of anilines is 1. The Morgan fingerprint density at radius 2 is 1.92 bits per heavy atom. The van der Waals surface area contributed by atoms with Crippen LogP contribution in [-0.2, 0) is 6.54 Å². The molecule has 136 valence electrons. The highest BCUT2D eigenvalue weighted by Gasteiger charge is 2.18. The fraction of sp³-hybridized carbons (Fsp3) is 0.409. The molecule has 0 aromatic heterocycles. The smallest absolute Gasteiger partial charge is 0.0991 e. The first-order valence-corrected chi connectivity index (χ1v) is 9.38. The predicted octanol–water partition coefficient (Wildman–Crippen LogP) is 3.62. The quantitative estimate of drug-likeness (QED) is 0.836. The normalized spacial score (nSPS) is 16.3. The summed E-state index contributed by atoms with van der Waals surface area (Å²) in [4.78, 5) is 2.40. The average molecular weight is 349 g/mol. The SMILES string of the molecule is CC(NCc1ccc(N2CCC(CO)CC2)cc1)c1cccc(C#N)c1. The van der Waals surface area contributed by atoms with Gasteiger partial charge in [-0.3, -0.25) is 0 Å². The van der Waals surface area contributed by atoms with E-state index in [4.69, 9.17) is 5.26 Å². The molecule has 1 unspecified atom stereocenters. The Labute approximate surface area is 156 Å². The van der Waals surface area contributed by atoms with E-state index in [0.717, 1.165) is 38.0 Å². The molecule has 2 N–H and O–H groups in total. The number of rotatable bonds is 6. The van der Waals surface area contributed by atoms with Gasteiger partial charge in [0.2, 0.25) is 0 Å². The molecule has 1 aliphatic rings. The summed E-state index contributed by atoms with van der Waals surface area (Å²) >= 11 is 0. The van der Waals surface area contributed by atoms with Crippen molar-refractivity contribution in [3.63, 3.8) is 0 Å². The minimum absolute atomic E-state index is 0.195. The summed E-state index contributed by atoms with van der Waals surface area (Å²) in [5.74, 6) is 0.468. The van der Waals surface area contributed by atoms with Crippen LogP contribution in [0, 0.1) is 17.2 Å². The molecular formula is C22H27N3O. The third kappa shape index (κ3) is 4.63. The maximum absolute atomic E-state index is 9.26. The van der Waals surface area contributed by atoms with Crippen LogP contribution < -0.4 is 10.2 Å². The topological polar surface area (TPSA) is 59.3 Å². The van der Waals surface area contributed by atoms with Gasteiger partial charge in [0.1, 0.15) is 0 Å². The maximum atomic E-state index is 9.26. The molecule has 0 aliphatic carbocycles. The van der Waals surface area contributed by atoms with Gasteiger partial charge in [0, 0.05) is 38.0 Å². The van der Waals surface area contributed by atoms with Crippen molar-refractivity contribution in [2.75, 3.05) is 24.6 Å². The Kier molecular flexibility index (Phi) is 6.27. The van der Waals surface area contributed by atoms with Gasteiger partial charge in [0.05, 0.1) is 11.6 Å². The Morgan fingerprint density at radius 3 is 2.58 bits per heavy atom. The molecule has 0 bridgehead atoms. The molecule has 2 aromatic rings. The molecule has 0 amide bonds. The summed E-state index contributed by atoms with van der Waals surface area (Å²) in [6.07, 6.45) is 2.14. The van der Waals surface area contributed by atoms with E-state index in [1.165, 1.54) is 11.3 Å². The van der Waals surface area contributed by atoms with Gasteiger partial charge in [-0.2, -0.15) is 5.26 Å². The molecule has 4 nitrogen and oxygen atoms in total. The van der Waals surface area contributed by atoms with Crippen molar-refractivity contribution in [2.45, 2.75) is 32.4 Å². The number of piperidine rings is 1. The lowest BCUT2D eigenvalue weighted by Gasteiger charge is -2.33. The van der Waals surface area contributed by atoms with Crippen molar-refractivity contribution in [2.24, 2.45) is 5.92 Å². The molecule has 1 atom stereocenters. The van der Waals surface area contributed by atoms with E-state index in [-0.39, 0.29) is 6.04 Å². The van der Waals surface area contributed by atoms with Crippen LogP contribution in [0.1, 0.15) is 42.5 Å². The van der Waals surface area contributed by atoms with Crippen molar-refractivity contribution in [3.05, 3.63) is 65.2 Å². The number of benzene rings is 2. The van der Waals surface area contributed by atoms with E-state index in [2.05, 4.69) is 53.5 Å². The monoisotopic (exact) mass is 349 g/mol. The van der Waals surface area contributed by atoms with E-state index in [1.807, 2.05) is 18.2 Å². The van der Waals surface area contributed by atoms with Crippen LogP contribution in [0.2, 0.25) is 0 Å². The van der Waals surface area contributed by atoms with E-state index in [1.54, 1.807) is 0 Å². The van der Waals surface area contributed by atoms with E-state index >= 15 is 0 Å². The zero-order valence-electron chi connectivity index (χ0n) is 15.4. The summed E-state index contributed by atoms with van der Waals surface area (Å²) < 4.78 is 0. The molecule has 26 heavy (non-hydrogen) atoms. The van der Waals surface area contributed by atoms with Gasteiger partial charge < -0.3 is 15.3 Å². The first kappa shape index (κ1) is 18.4. The van der Waals surface area contributed by atoms with Gasteiger partial charge in [0.15, 0.2) is 0 Å². The Hall–Kier alpha value is -2.35. The highest BCUT2D eigenvalue weighted by Crippen LogP contribution is 2.23. The van der Waals surface area contributed by atoms with Crippen LogP contribution in [0.15, 0.2) is 48.5 Å².